The second-order valence-corrected chi connectivity index (χ2v) is 9.03. The fourth-order valence-corrected chi connectivity index (χ4v) is 3.95. The molecule has 1 saturated heterocycles. The first-order valence-electron chi connectivity index (χ1n) is 8.77. The first-order chi connectivity index (χ1) is 10.8. The van der Waals surface area contributed by atoms with E-state index in [2.05, 4.69) is 31.0 Å². The van der Waals surface area contributed by atoms with Gasteiger partial charge in [0.1, 0.15) is 0 Å². The molecule has 0 radical (unpaired) electrons. The Bertz CT molecular complexity index is 474. The summed E-state index contributed by atoms with van der Waals surface area (Å²) in [5, 5.41) is 3.37. The van der Waals surface area contributed by atoms with Gasteiger partial charge in [0.05, 0.1) is 5.75 Å². The lowest BCUT2D eigenvalue weighted by atomic mass is 9.92. The third-order valence-electron chi connectivity index (χ3n) is 4.24. The lowest BCUT2D eigenvalue weighted by Gasteiger charge is -2.37. The van der Waals surface area contributed by atoms with Crippen molar-refractivity contribution < 1.29 is 8.42 Å². The lowest BCUT2D eigenvalue weighted by Crippen LogP contribution is -2.48. The molecule has 0 spiro atoms. The van der Waals surface area contributed by atoms with Crippen molar-refractivity contribution in [1.29, 1.82) is 0 Å². The van der Waals surface area contributed by atoms with Gasteiger partial charge in [-0.25, -0.2) is 12.7 Å². The molecule has 0 aromatic rings. The van der Waals surface area contributed by atoms with E-state index in [-0.39, 0.29) is 29.7 Å². The monoisotopic (exact) mass is 474 g/mol. The van der Waals surface area contributed by atoms with Crippen LogP contribution in [0.25, 0.3) is 0 Å². The molecule has 1 aliphatic rings. The Labute approximate surface area is 165 Å². The van der Waals surface area contributed by atoms with Crippen LogP contribution in [0.4, 0.5) is 0 Å². The summed E-state index contributed by atoms with van der Waals surface area (Å²) in [5.41, 5.74) is 0. The van der Waals surface area contributed by atoms with E-state index in [1.54, 1.807) is 14.0 Å². The van der Waals surface area contributed by atoms with Gasteiger partial charge in [-0.3, -0.25) is 4.99 Å². The molecule has 24 heavy (non-hydrogen) atoms. The van der Waals surface area contributed by atoms with Crippen LogP contribution in [-0.2, 0) is 10.0 Å². The molecule has 1 heterocycles. The van der Waals surface area contributed by atoms with Crippen molar-refractivity contribution >= 4 is 40.0 Å². The highest BCUT2D eigenvalue weighted by Crippen LogP contribution is 2.20. The number of hydrogen-bond acceptors (Lipinski definition) is 3. The summed E-state index contributed by atoms with van der Waals surface area (Å²) in [6, 6.07) is 0. The molecule has 1 N–H and O–H groups in total. The van der Waals surface area contributed by atoms with Gasteiger partial charge in [-0.05, 0) is 38.5 Å². The molecule has 0 saturated carbocycles. The molecule has 144 valence electrons. The van der Waals surface area contributed by atoms with Crippen LogP contribution in [0.15, 0.2) is 4.99 Å². The Balaban J connectivity index is 0.00000529. The summed E-state index contributed by atoms with van der Waals surface area (Å²) in [7, 11) is -1.44. The number of likely N-dealkylation sites (tertiary alicyclic amines) is 1. The standard InChI is InChI=1S/C16H34N4O2S.HI/c1-6-17-16(20-12-14(3)11-15(4)13-20)18-9-8-10-19(5)23(21,22)7-2;/h14-15H,6-13H2,1-5H3,(H,17,18);1H. The van der Waals surface area contributed by atoms with Crippen molar-refractivity contribution in [2.75, 3.05) is 45.5 Å². The summed E-state index contributed by atoms with van der Waals surface area (Å²) < 4.78 is 24.9. The van der Waals surface area contributed by atoms with Gasteiger partial charge in [0.15, 0.2) is 5.96 Å². The smallest absolute Gasteiger partial charge is 0.213 e. The van der Waals surface area contributed by atoms with Crippen molar-refractivity contribution in [1.82, 2.24) is 14.5 Å². The molecule has 0 aliphatic carbocycles. The van der Waals surface area contributed by atoms with Crippen molar-refractivity contribution in [3.05, 3.63) is 0 Å². The van der Waals surface area contributed by atoms with Crippen LogP contribution in [-0.4, -0.2) is 69.1 Å². The van der Waals surface area contributed by atoms with Crippen LogP contribution in [0.2, 0.25) is 0 Å². The maximum atomic E-state index is 11.7. The summed E-state index contributed by atoms with van der Waals surface area (Å²) in [6.07, 6.45) is 2.01. The summed E-state index contributed by atoms with van der Waals surface area (Å²) in [6.45, 7) is 12.4. The molecular weight excluding hydrogens is 439 g/mol. The first-order valence-corrected chi connectivity index (χ1v) is 10.4. The highest BCUT2D eigenvalue weighted by Gasteiger charge is 2.23. The number of guanidine groups is 1. The fourth-order valence-electron chi connectivity index (χ4n) is 3.10. The first kappa shape index (κ1) is 23.9. The van der Waals surface area contributed by atoms with Crippen LogP contribution in [0.3, 0.4) is 0 Å². The Morgan fingerprint density at radius 3 is 2.33 bits per heavy atom. The third-order valence-corrected chi connectivity index (χ3v) is 6.10. The second kappa shape index (κ2) is 11.5. The van der Waals surface area contributed by atoms with E-state index in [0.29, 0.717) is 24.9 Å². The summed E-state index contributed by atoms with van der Waals surface area (Å²) in [4.78, 5) is 7.04. The predicted octanol–water partition coefficient (Wildman–Crippen LogP) is 2.22. The third kappa shape index (κ3) is 7.86. The molecule has 0 aromatic heterocycles. The average Bonchev–Trinajstić information content (AvgIpc) is 2.49. The van der Waals surface area contributed by atoms with Gasteiger partial charge >= 0.3 is 0 Å². The van der Waals surface area contributed by atoms with Crippen LogP contribution in [0.5, 0.6) is 0 Å². The number of hydrogen-bond donors (Lipinski definition) is 1. The number of nitrogens with zero attached hydrogens (tertiary/aromatic N) is 3. The lowest BCUT2D eigenvalue weighted by molar-refractivity contribution is 0.208. The quantitative estimate of drug-likeness (QED) is 0.266. The van der Waals surface area contributed by atoms with Crippen LogP contribution >= 0.6 is 24.0 Å². The average molecular weight is 474 g/mol. The normalized spacial score (nSPS) is 22.4. The van der Waals surface area contributed by atoms with Gasteiger partial charge in [0.2, 0.25) is 10.0 Å². The molecule has 0 amide bonds. The summed E-state index contributed by atoms with van der Waals surface area (Å²) in [5.74, 6) is 2.48. The highest BCUT2D eigenvalue weighted by molar-refractivity contribution is 14.0. The van der Waals surface area contributed by atoms with Crippen LogP contribution in [0, 0.1) is 11.8 Å². The second-order valence-electron chi connectivity index (χ2n) is 6.66. The zero-order valence-corrected chi connectivity index (χ0v) is 18.9. The van der Waals surface area contributed by atoms with E-state index in [4.69, 9.17) is 4.99 Å². The maximum Gasteiger partial charge on any atom is 0.213 e. The fraction of sp³-hybridized carbons (Fsp3) is 0.938. The van der Waals surface area contributed by atoms with E-state index >= 15 is 0 Å². The van der Waals surface area contributed by atoms with Crippen LogP contribution < -0.4 is 5.32 Å². The number of halogens is 1. The minimum absolute atomic E-state index is 0. The van der Waals surface area contributed by atoms with Gasteiger partial charge in [-0.1, -0.05) is 13.8 Å². The Hall–Kier alpha value is -0.0900. The molecule has 2 atom stereocenters. The van der Waals surface area contributed by atoms with Crippen molar-refractivity contribution in [2.24, 2.45) is 16.8 Å². The molecular formula is C16H35IN4O2S. The van der Waals surface area contributed by atoms with Gasteiger partial charge in [-0.2, -0.15) is 0 Å². The highest BCUT2D eigenvalue weighted by atomic mass is 127. The molecule has 8 heteroatoms. The van der Waals surface area contributed by atoms with E-state index in [1.165, 1.54) is 10.7 Å². The van der Waals surface area contributed by atoms with Crippen molar-refractivity contribution in [2.45, 2.75) is 40.5 Å². The number of piperidine rings is 1. The zero-order chi connectivity index (χ0) is 17.5. The minimum atomic E-state index is -3.09. The largest absolute Gasteiger partial charge is 0.357 e. The van der Waals surface area contributed by atoms with Gasteiger partial charge in [0, 0.05) is 39.8 Å². The number of nitrogens with one attached hydrogen (secondary N) is 1. The predicted molar refractivity (Wildman–Crippen MR) is 113 cm³/mol. The van der Waals surface area contributed by atoms with E-state index in [1.807, 2.05) is 0 Å². The van der Waals surface area contributed by atoms with Gasteiger partial charge in [0.25, 0.3) is 0 Å². The Morgan fingerprint density at radius 1 is 1.25 bits per heavy atom. The van der Waals surface area contributed by atoms with E-state index in [9.17, 15) is 8.42 Å². The molecule has 2 unspecified atom stereocenters. The number of sulfonamides is 1. The van der Waals surface area contributed by atoms with Gasteiger partial charge < -0.3 is 10.2 Å². The van der Waals surface area contributed by atoms with Gasteiger partial charge in [-0.15, -0.1) is 24.0 Å². The van der Waals surface area contributed by atoms with Crippen molar-refractivity contribution in [3.63, 3.8) is 0 Å². The number of rotatable bonds is 7. The summed E-state index contributed by atoms with van der Waals surface area (Å²) >= 11 is 0. The molecule has 6 nitrogen and oxygen atoms in total. The van der Waals surface area contributed by atoms with Crippen LogP contribution in [0.1, 0.15) is 40.5 Å². The number of aliphatic imine (C=N–C) groups is 1. The zero-order valence-electron chi connectivity index (χ0n) is 15.8. The molecule has 0 bridgehead atoms. The molecule has 0 aromatic carbocycles. The van der Waals surface area contributed by atoms with E-state index < -0.39 is 10.0 Å². The maximum absolute atomic E-state index is 11.7. The molecule has 1 rings (SSSR count). The SMILES string of the molecule is CCNC(=NCCCN(C)S(=O)(=O)CC)N1CC(C)CC(C)C1.I. The Morgan fingerprint density at radius 2 is 1.83 bits per heavy atom. The molecule has 1 aliphatic heterocycles. The minimum Gasteiger partial charge on any atom is -0.357 e. The topological polar surface area (TPSA) is 65.0 Å². The Kier molecular flexibility index (Phi) is 11.5. The van der Waals surface area contributed by atoms with E-state index in [0.717, 1.165) is 32.0 Å². The van der Waals surface area contributed by atoms with Crippen molar-refractivity contribution in [3.8, 4) is 0 Å². The molecule has 1 fully saturated rings.